The van der Waals surface area contributed by atoms with E-state index in [1.54, 1.807) is 0 Å². The van der Waals surface area contributed by atoms with Crippen LogP contribution in [0.5, 0.6) is 0 Å². The van der Waals surface area contributed by atoms with Crippen LogP contribution < -0.4 is 15.5 Å². The molecule has 1 saturated heterocycles. The Kier molecular flexibility index (Phi) is 7.02. The third kappa shape index (κ3) is 5.94. The van der Waals surface area contributed by atoms with E-state index in [2.05, 4.69) is 45.8 Å². The predicted octanol–water partition coefficient (Wildman–Crippen LogP) is 2.80. The van der Waals surface area contributed by atoms with Crippen LogP contribution in [0.1, 0.15) is 31.7 Å². The van der Waals surface area contributed by atoms with E-state index in [-0.39, 0.29) is 18.1 Å². The van der Waals surface area contributed by atoms with Crippen molar-refractivity contribution in [3.05, 3.63) is 23.9 Å². The highest BCUT2D eigenvalue weighted by Crippen LogP contribution is 2.18. The molecule has 1 atom stereocenters. The summed E-state index contributed by atoms with van der Waals surface area (Å²) in [7, 11) is 0. The van der Waals surface area contributed by atoms with Gasteiger partial charge < -0.3 is 15.5 Å². The molecule has 0 saturated carbocycles. The number of hydrogen-bond donors (Lipinski definition) is 2. The van der Waals surface area contributed by atoms with Crippen LogP contribution in [0.4, 0.5) is 10.6 Å². The van der Waals surface area contributed by atoms with E-state index in [0.29, 0.717) is 0 Å². The Hall–Kier alpha value is -1.43. The first-order valence-electron chi connectivity index (χ1n) is 8.32. The Labute approximate surface area is 143 Å². The van der Waals surface area contributed by atoms with E-state index >= 15 is 0 Å². The maximum atomic E-state index is 12.0. The summed E-state index contributed by atoms with van der Waals surface area (Å²) in [6, 6.07) is 4.61. The Morgan fingerprint density at radius 2 is 2.17 bits per heavy atom. The van der Waals surface area contributed by atoms with Crippen LogP contribution in [0.15, 0.2) is 18.3 Å². The molecule has 0 aromatic carbocycles. The van der Waals surface area contributed by atoms with Crippen LogP contribution in [0.25, 0.3) is 0 Å². The van der Waals surface area contributed by atoms with Gasteiger partial charge in [0.2, 0.25) is 0 Å². The molecule has 0 spiro atoms. The molecule has 6 heteroatoms. The lowest BCUT2D eigenvalue weighted by molar-refractivity contribution is 0.231. The second kappa shape index (κ2) is 9.01. The molecule has 0 aliphatic carbocycles. The summed E-state index contributed by atoms with van der Waals surface area (Å²) in [5.41, 5.74) is 1.18. The van der Waals surface area contributed by atoms with E-state index in [1.165, 1.54) is 5.56 Å². The normalized spacial score (nSPS) is 16.9. The number of aryl methyl sites for hydroxylation is 1. The topological polar surface area (TPSA) is 57.3 Å². The second-order valence-corrected chi connectivity index (χ2v) is 7.24. The third-order valence-electron chi connectivity index (χ3n) is 4.18. The lowest BCUT2D eigenvalue weighted by Crippen LogP contribution is -2.49. The number of carbonyl (C=O) groups excluding carboxylic acids is 1. The molecule has 2 N–H and O–H groups in total. The summed E-state index contributed by atoms with van der Waals surface area (Å²) in [4.78, 5) is 18.8. The van der Waals surface area contributed by atoms with Gasteiger partial charge in [0.25, 0.3) is 0 Å². The maximum absolute atomic E-state index is 12.0. The number of rotatable bonds is 6. The SMILES string of the molecule is CSCC[C@H](C)NC(=O)NC1CCN(c2ccc(C)cn2)CC1. The Bertz CT molecular complexity index is 486. The summed E-state index contributed by atoms with van der Waals surface area (Å²) in [5.74, 6) is 2.10. The number of hydrogen-bond acceptors (Lipinski definition) is 4. The molecule has 1 aromatic heterocycles. The number of amides is 2. The van der Waals surface area contributed by atoms with Crippen LogP contribution in [0, 0.1) is 6.92 Å². The van der Waals surface area contributed by atoms with Gasteiger partial charge in [-0.05, 0) is 56.7 Å². The number of anilines is 1. The number of urea groups is 1. The molecule has 23 heavy (non-hydrogen) atoms. The zero-order valence-corrected chi connectivity index (χ0v) is 15.2. The Balaban J connectivity index is 1.72. The average molecular weight is 337 g/mol. The van der Waals surface area contributed by atoms with Crippen molar-refractivity contribution in [2.45, 2.75) is 45.2 Å². The molecule has 128 valence electrons. The minimum absolute atomic E-state index is 0.0366. The van der Waals surface area contributed by atoms with E-state index in [0.717, 1.165) is 43.9 Å². The summed E-state index contributed by atoms with van der Waals surface area (Å²) >= 11 is 1.81. The van der Waals surface area contributed by atoms with Crippen molar-refractivity contribution < 1.29 is 4.79 Å². The highest BCUT2D eigenvalue weighted by molar-refractivity contribution is 7.98. The van der Waals surface area contributed by atoms with Crippen LogP contribution in [-0.2, 0) is 0 Å². The predicted molar refractivity (Wildman–Crippen MR) is 98.3 cm³/mol. The third-order valence-corrected chi connectivity index (χ3v) is 4.83. The summed E-state index contributed by atoms with van der Waals surface area (Å²) < 4.78 is 0. The minimum atomic E-state index is -0.0366. The van der Waals surface area contributed by atoms with Gasteiger partial charge in [-0.25, -0.2) is 9.78 Å². The number of nitrogens with zero attached hydrogens (tertiary/aromatic N) is 2. The number of thioether (sulfide) groups is 1. The molecule has 2 rings (SSSR count). The monoisotopic (exact) mass is 336 g/mol. The van der Waals surface area contributed by atoms with Crippen molar-refractivity contribution in [2.75, 3.05) is 30.0 Å². The number of aromatic nitrogens is 1. The summed E-state index contributed by atoms with van der Waals surface area (Å²) in [6.45, 7) is 5.97. The molecule has 0 unspecified atom stereocenters. The molecule has 2 heterocycles. The van der Waals surface area contributed by atoms with E-state index < -0.39 is 0 Å². The first kappa shape index (κ1) is 17.9. The average Bonchev–Trinajstić information content (AvgIpc) is 2.54. The highest BCUT2D eigenvalue weighted by Gasteiger charge is 2.21. The Morgan fingerprint density at radius 1 is 1.43 bits per heavy atom. The zero-order valence-electron chi connectivity index (χ0n) is 14.3. The van der Waals surface area contributed by atoms with E-state index in [9.17, 15) is 4.79 Å². The minimum Gasteiger partial charge on any atom is -0.356 e. The molecule has 1 aliphatic rings. The van der Waals surface area contributed by atoms with Crippen molar-refractivity contribution in [3.8, 4) is 0 Å². The fraction of sp³-hybridized carbons (Fsp3) is 0.647. The van der Waals surface area contributed by atoms with Gasteiger partial charge in [0.15, 0.2) is 0 Å². The van der Waals surface area contributed by atoms with Crippen molar-refractivity contribution in [1.82, 2.24) is 15.6 Å². The molecule has 1 aliphatic heterocycles. The highest BCUT2D eigenvalue weighted by atomic mass is 32.2. The first-order chi connectivity index (χ1) is 11.1. The van der Waals surface area contributed by atoms with Gasteiger partial charge in [0.1, 0.15) is 5.82 Å². The molecule has 1 fully saturated rings. The van der Waals surface area contributed by atoms with Crippen LogP contribution in [0.2, 0.25) is 0 Å². The molecule has 2 amide bonds. The maximum Gasteiger partial charge on any atom is 0.315 e. The van der Waals surface area contributed by atoms with Crippen molar-refractivity contribution in [1.29, 1.82) is 0 Å². The zero-order chi connectivity index (χ0) is 16.7. The largest absolute Gasteiger partial charge is 0.356 e. The van der Waals surface area contributed by atoms with Gasteiger partial charge in [-0.3, -0.25) is 0 Å². The Morgan fingerprint density at radius 3 is 2.78 bits per heavy atom. The standard InChI is InChI=1S/C17H28N4OS/c1-13-4-5-16(18-12-13)21-9-6-15(7-10-21)20-17(22)19-14(2)8-11-23-3/h4-5,12,14-15H,6-11H2,1-3H3,(H2,19,20,22)/t14-/m0/s1. The molecule has 0 radical (unpaired) electrons. The molecular formula is C17H28N4OS. The number of nitrogens with one attached hydrogen (secondary N) is 2. The lowest BCUT2D eigenvalue weighted by atomic mass is 10.1. The van der Waals surface area contributed by atoms with E-state index in [4.69, 9.17) is 0 Å². The summed E-state index contributed by atoms with van der Waals surface area (Å²) in [6.07, 6.45) is 6.92. The van der Waals surface area contributed by atoms with Crippen molar-refractivity contribution >= 4 is 23.6 Å². The van der Waals surface area contributed by atoms with E-state index in [1.807, 2.05) is 24.9 Å². The first-order valence-corrected chi connectivity index (χ1v) is 9.71. The molecule has 1 aromatic rings. The van der Waals surface area contributed by atoms with Crippen molar-refractivity contribution in [3.63, 3.8) is 0 Å². The van der Waals surface area contributed by atoms with Gasteiger partial charge in [0.05, 0.1) is 0 Å². The van der Waals surface area contributed by atoms with Gasteiger partial charge in [-0.2, -0.15) is 11.8 Å². The van der Waals surface area contributed by atoms with Gasteiger partial charge >= 0.3 is 6.03 Å². The lowest BCUT2D eigenvalue weighted by Gasteiger charge is -2.33. The summed E-state index contributed by atoms with van der Waals surface area (Å²) in [5, 5.41) is 6.13. The van der Waals surface area contributed by atoms with Gasteiger partial charge in [-0.1, -0.05) is 6.07 Å². The molecule has 5 nitrogen and oxygen atoms in total. The molecular weight excluding hydrogens is 308 g/mol. The smallest absolute Gasteiger partial charge is 0.315 e. The second-order valence-electron chi connectivity index (χ2n) is 6.26. The van der Waals surface area contributed by atoms with Gasteiger partial charge in [-0.15, -0.1) is 0 Å². The van der Waals surface area contributed by atoms with Crippen LogP contribution in [-0.4, -0.2) is 48.2 Å². The number of carbonyl (C=O) groups is 1. The quantitative estimate of drug-likeness (QED) is 0.839. The van der Waals surface area contributed by atoms with Gasteiger partial charge in [0, 0.05) is 31.4 Å². The fourth-order valence-electron chi connectivity index (χ4n) is 2.72. The molecule has 0 bridgehead atoms. The fourth-order valence-corrected chi connectivity index (χ4v) is 3.31. The van der Waals surface area contributed by atoms with Crippen LogP contribution >= 0.6 is 11.8 Å². The number of pyridine rings is 1. The van der Waals surface area contributed by atoms with Crippen molar-refractivity contribution in [2.24, 2.45) is 0 Å². The number of piperidine rings is 1. The van der Waals surface area contributed by atoms with Crippen LogP contribution in [0.3, 0.4) is 0 Å².